The van der Waals surface area contributed by atoms with E-state index in [9.17, 15) is 14.3 Å². The molecular formula is C13H12FN3O2. The third-order valence-electron chi connectivity index (χ3n) is 2.80. The maximum Gasteiger partial charge on any atom is 0.258 e. The Morgan fingerprint density at radius 1 is 1.53 bits per heavy atom. The number of nitrogens with one attached hydrogen (secondary N) is 1. The van der Waals surface area contributed by atoms with Gasteiger partial charge in [-0.05, 0) is 25.1 Å². The van der Waals surface area contributed by atoms with E-state index >= 15 is 0 Å². The fourth-order valence-electron chi connectivity index (χ4n) is 1.97. The van der Waals surface area contributed by atoms with Gasteiger partial charge in [0, 0.05) is 11.3 Å². The molecule has 0 bridgehead atoms. The first-order valence-corrected chi connectivity index (χ1v) is 5.62. The maximum absolute atomic E-state index is 12.9. The molecule has 6 heteroatoms. The Balaban J connectivity index is 2.40. The van der Waals surface area contributed by atoms with Gasteiger partial charge in [0.15, 0.2) is 0 Å². The predicted molar refractivity (Wildman–Crippen MR) is 64.3 cm³/mol. The molecule has 1 heterocycles. The van der Waals surface area contributed by atoms with Crippen molar-refractivity contribution in [3.05, 3.63) is 47.4 Å². The van der Waals surface area contributed by atoms with Gasteiger partial charge in [0.2, 0.25) is 5.72 Å². The number of halogens is 1. The van der Waals surface area contributed by atoms with E-state index in [0.717, 1.165) is 5.01 Å². The lowest BCUT2D eigenvalue weighted by molar-refractivity contribution is -0.154. The molecule has 0 radical (unpaired) electrons. The highest BCUT2D eigenvalue weighted by atomic mass is 19.1. The Labute approximate surface area is 109 Å². The molecule has 2 N–H and O–H groups in total. The summed E-state index contributed by atoms with van der Waals surface area (Å²) >= 11 is 0. The van der Waals surface area contributed by atoms with Gasteiger partial charge in [0.1, 0.15) is 12.2 Å². The Hall–Kier alpha value is -2.39. The van der Waals surface area contributed by atoms with Gasteiger partial charge in [-0.3, -0.25) is 10.2 Å². The fraction of sp³-hybridized carbons (Fsp3) is 0.231. The molecule has 0 unspecified atom stereocenters. The van der Waals surface area contributed by atoms with Crippen LogP contribution >= 0.6 is 0 Å². The van der Waals surface area contributed by atoms with Crippen molar-refractivity contribution in [3.63, 3.8) is 0 Å². The highest BCUT2D eigenvalue weighted by Crippen LogP contribution is 2.32. The first kappa shape index (κ1) is 13.1. The molecule has 2 rings (SSSR count). The predicted octanol–water partition coefficient (Wildman–Crippen LogP) is 1.14. The Morgan fingerprint density at radius 3 is 2.74 bits per heavy atom. The second kappa shape index (κ2) is 4.71. The van der Waals surface area contributed by atoms with Gasteiger partial charge in [-0.25, -0.2) is 9.40 Å². The molecule has 1 amide bonds. The molecule has 19 heavy (non-hydrogen) atoms. The molecule has 0 saturated carbocycles. The van der Waals surface area contributed by atoms with Crippen molar-refractivity contribution in [1.29, 1.82) is 5.26 Å². The highest BCUT2D eigenvalue weighted by Gasteiger charge is 2.42. The van der Waals surface area contributed by atoms with Crippen LogP contribution in [0, 0.1) is 17.1 Å². The normalized spacial score (nSPS) is 21.6. The molecule has 1 aromatic rings. The molecule has 0 aromatic heterocycles. The second-order valence-corrected chi connectivity index (χ2v) is 4.24. The summed E-state index contributed by atoms with van der Waals surface area (Å²) in [5, 5.41) is 20.2. The average Bonchev–Trinajstić information content (AvgIpc) is 2.67. The monoisotopic (exact) mass is 261 g/mol. The zero-order valence-electron chi connectivity index (χ0n) is 10.2. The molecule has 0 fully saturated rings. The van der Waals surface area contributed by atoms with Crippen molar-refractivity contribution < 1.29 is 14.3 Å². The summed E-state index contributed by atoms with van der Waals surface area (Å²) in [5.74, 6) is -1.00. The summed E-state index contributed by atoms with van der Waals surface area (Å²) in [7, 11) is 0. The number of benzene rings is 1. The van der Waals surface area contributed by atoms with Crippen LogP contribution in [0.1, 0.15) is 18.9 Å². The standard InChI is InChI=1S/C13H12FN3O2/c1-9-8-13(19,10-2-4-11(14)5-3-10)17(16-9)12(18)6-7-15/h2-5,8,16,19H,6H2,1H3/t13-/m1/s1. The second-order valence-electron chi connectivity index (χ2n) is 4.24. The summed E-state index contributed by atoms with van der Waals surface area (Å²) in [6, 6.07) is 6.90. The number of aliphatic hydroxyl groups is 1. The van der Waals surface area contributed by atoms with E-state index in [1.165, 1.54) is 30.3 Å². The molecule has 1 atom stereocenters. The van der Waals surface area contributed by atoms with Crippen molar-refractivity contribution >= 4 is 5.91 Å². The Bertz CT molecular complexity index is 577. The summed E-state index contributed by atoms with van der Waals surface area (Å²) in [4.78, 5) is 11.8. The first-order valence-electron chi connectivity index (χ1n) is 5.62. The summed E-state index contributed by atoms with van der Waals surface area (Å²) < 4.78 is 12.9. The number of amides is 1. The van der Waals surface area contributed by atoms with Crippen LogP contribution in [0.15, 0.2) is 36.0 Å². The number of allylic oxidation sites excluding steroid dienone is 1. The van der Waals surface area contributed by atoms with Crippen LogP contribution in [0.2, 0.25) is 0 Å². The summed E-state index contributed by atoms with van der Waals surface area (Å²) in [5.41, 5.74) is 1.88. The van der Waals surface area contributed by atoms with Gasteiger partial charge in [-0.15, -0.1) is 0 Å². The summed E-state index contributed by atoms with van der Waals surface area (Å²) in [6.45, 7) is 1.67. The molecule has 0 spiro atoms. The smallest absolute Gasteiger partial charge is 0.258 e. The number of carbonyl (C=O) groups is 1. The minimum absolute atomic E-state index is 0.338. The van der Waals surface area contributed by atoms with Crippen molar-refractivity contribution in [2.75, 3.05) is 0 Å². The van der Waals surface area contributed by atoms with Gasteiger partial charge in [-0.2, -0.15) is 5.26 Å². The number of hydrazine groups is 1. The lowest BCUT2D eigenvalue weighted by atomic mass is 10.0. The zero-order valence-corrected chi connectivity index (χ0v) is 10.2. The van der Waals surface area contributed by atoms with Crippen LogP contribution in [0.4, 0.5) is 4.39 Å². The van der Waals surface area contributed by atoms with Gasteiger partial charge in [0.05, 0.1) is 6.07 Å². The summed E-state index contributed by atoms with van der Waals surface area (Å²) in [6.07, 6.45) is 1.08. The third-order valence-corrected chi connectivity index (χ3v) is 2.80. The van der Waals surface area contributed by atoms with E-state index in [1.54, 1.807) is 13.0 Å². The van der Waals surface area contributed by atoms with Crippen LogP contribution in [0.3, 0.4) is 0 Å². The highest BCUT2D eigenvalue weighted by molar-refractivity contribution is 5.79. The first-order chi connectivity index (χ1) is 8.97. The molecule has 5 nitrogen and oxygen atoms in total. The SMILES string of the molecule is CC1=C[C@@](O)(c2ccc(F)cc2)N(C(=O)CC#N)N1. The van der Waals surface area contributed by atoms with Crippen LogP contribution in [0.25, 0.3) is 0 Å². The van der Waals surface area contributed by atoms with Crippen LogP contribution in [0.5, 0.6) is 0 Å². The van der Waals surface area contributed by atoms with Crippen LogP contribution < -0.4 is 5.43 Å². The molecular weight excluding hydrogens is 249 g/mol. The molecule has 0 aliphatic carbocycles. The minimum Gasteiger partial charge on any atom is -0.362 e. The number of nitriles is 1. The number of carbonyl (C=O) groups excluding carboxylic acids is 1. The van der Waals surface area contributed by atoms with Crippen LogP contribution in [-0.4, -0.2) is 16.0 Å². The van der Waals surface area contributed by atoms with Crippen molar-refractivity contribution in [3.8, 4) is 6.07 Å². The fourth-order valence-corrected chi connectivity index (χ4v) is 1.97. The van der Waals surface area contributed by atoms with E-state index in [1.807, 2.05) is 0 Å². The van der Waals surface area contributed by atoms with Crippen molar-refractivity contribution in [2.45, 2.75) is 19.1 Å². The Morgan fingerprint density at radius 2 is 2.16 bits per heavy atom. The van der Waals surface area contributed by atoms with E-state index < -0.39 is 17.4 Å². The van der Waals surface area contributed by atoms with Crippen molar-refractivity contribution in [2.24, 2.45) is 0 Å². The maximum atomic E-state index is 12.9. The Kier molecular flexibility index (Phi) is 3.23. The number of hydrogen-bond donors (Lipinski definition) is 2. The number of hydrogen-bond acceptors (Lipinski definition) is 4. The van der Waals surface area contributed by atoms with E-state index in [-0.39, 0.29) is 6.42 Å². The molecule has 0 saturated heterocycles. The number of nitrogens with zero attached hydrogens (tertiary/aromatic N) is 2. The molecule has 1 aliphatic heterocycles. The van der Waals surface area contributed by atoms with Crippen LogP contribution in [-0.2, 0) is 10.5 Å². The zero-order chi connectivity index (χ0) is 14.0. The minimum atomic E-state index is -1.72. The topological polar surface area (TPSA) is 76.4 Å². The van der Waals surface area contributed by atoms with Gasteiger partial charge >= 0.3 is 0 Å². The van der Waals surface area contributed by atoms with E-state index in [4.69, 9.17) is 5.26 Å². The average molecular weight is 261 g/mol. The third kappa shape index (κ3) is 2.28. The quantitative estimate of drug-likeness (QED) is 0.836. The number of rotatable bonds is 2. The molecule has 1 aromatic carbocycles. The molecule has 98 valence electrons. The van der Waals surface area contributed by atoms with E-state index in [0.29, 0.717) is 11.3 Å². The van der Waals surface area contributed by atoms with Crippen molar-refractivity contribution in [1.82, 2.24) is 10.4 Å². The molecule has 1 aliphatic rings. The van der Waals surface area contributed by atoms with E-state index in [2.05, 4.69) is 5.43 Å². The van der Waals surface area contributed by atoms with Gasteiger partial charge in [0.25, 0.3) is 5.91 Å². The van der Waals surface area contributed by atoms with Gasteiger partial charge < -0.3 is 5.11 Å². The lowest BCUT2D eigenvalue weighted by Gasteiger charge is -2.32. The lowest BCUT2D eigenvalue weighted by Crippen LogP contribution is -2.50. The largest absolute Gasteiger partial charge is 0.362 e. The van der Waals surface area contributed by atoms with Gasteiger partial charge in [-0.1, -0.05) is 12.1 Å².